The average molecular weight is 1110 g/mol. The largest absolute Gasteiger partial charge is 0.479 e. The fraction of sp³-hybridized carbons (Fsp3) is 0.672. The Morgan fingerprint density at radius 2 is 0.823 bits per heavy atom. The first-order chi connectivity index (χ1) is 38.6. The summed E-state index contributed by atoms with van der Waals surface area (Å²) in [5, 5.41) is 31.5. The molecule has 79 heavy (non-hydrogen) atoms. The molecule has 0 amide bonds. The van der Waals surface area contributed by atoms with Crippen molar-refractivity contribution >= 4 is 23.9 Å². The summed E-state index contributed by atoms with van der Waals surface area (Å²) < 4.78 is 28.4. The molecule has 6 unspecified atom stereocenters. The number of aliphatic hydroxyl groups excluding tert-OH is 2. The van der Waals surface area contributed by atoms with Gasteiger partial charge in [0.15, 0.2) is 24.6 Å². The standard InChI is InChI=1S/C67H108O12/c1-4-7-10-13-16-19-22-25-27-29-30-32-33-36-38-41-44-47-50-53-59(68)75-56-58(77-60(69)54-51-48-45-42-39-35-24-21-18-15-12-9-6-3)57-76-67-65(63(72)62(71)64(79-67)66(73)74)78-61(70)55-52-49-46-43-40-37-34-31-28-26-23-20-17-14-11-8-5-2/h9,12,16-21,25-28,30,32,35,39,45,48,58,62-65,67,71-72H,4-8,10-11,13-15,22-24,29,31,33-34,36-38,40-44,46-47,49-57H2,1-3H3,(H,73,74)/b12-9-,19-16-,20-17-,21-18-,27-25-,28-26-,32-30-,39-35-,48-45-. The van der Waals surface area contributed by atoms with Gasteiger partial charge >= 0.3 is 23.9 Å². The molecule has 3 N–H and O–H groups in total. The molecule has 0 spiro atoms. The summed E-state index contributed by atoms with van der Waals surface area (Å²) in [6.45, 7) is 5.75. The van der Waals surface area contributed by atoms with Gasteiger partial charge in [0, 0.05) is 19.3 Å². The highest BCUT2D eigenvalue weighted by Crippen LogP contribution is 2.26. The minimum atomic E-state index is -1.92. The number of allylic oxidation sites excluding steroid dienone is 18. The van der Waals surface area contributed by atoms with Gasteiger partial charge in [-0.25, -0.2) is 4.79 Å². The molecule has 12 nitrogen and oxygen atoms in total. The Kier molecular flexibility index (Phi) is 49.5. The molecule has 0 saturated carbocycles. The van der Waals surface area contributed by atoms with Gasteiger partial charge in [0.1, 0.15) is 18.8 Å². The van der Waals surface area contributed by atoms with Gasteiger partial charge < -0.3 is 39.0 Å². The van der Waals surface area contributed by atoms with Crippen molar-refractivity contribution in [2.24, 2.45) is 0 Å². The van der Waals surface area contributed by atoms with Gasteiger partial charge in [-0.2, -0.15) is 0 Å². The van der Waals surface area contributed by atoms with E-state index in [1.54, 1.807) is 0 Å². The number of aliphatic carboxylic acids is 1. The van der Waals surface area contributed by atoms with Crippen LogP contribution in [0.1, 0.15) is 239 Å². The van der Waals surface area contributed by atoms with Gasteiger partial charge in [-0.3, -0.25) is 14.4 Å². The summed E-state index contributed by atoms with van der Waals surface area (Å²) >= 11 is 0. The van der Waals surface area contributed by atoms with Crippen LogP contribution in [0, 0.1) is 0 Å². The van der Waals surface area contributed by atoms with E-state index in [0.29, 0.717) is 25.7 Å². The molecule has 1 saturated heterocycles. The molecular formula is C67H108O12. The number of esters is 3. The minimum absolute atomic E-state index is 0.0327. The Balaban J connectivity index is 2.71. The highest BCUT2D eigenvalue weighted by Gasteiger charge is 2.50. The number of hydrogen-bond donors (Lipinski definition) is 3. The third-order valence-corrected chi connectivity index (χ3v) is 13.3. The topological polar surface area (TPSA) is 175 Å². The van der Waals surface area contributed by atoms with E-state index in [1.165, 1.54) is 44.9 Å². The van der Waals surface area contributed by atoms with E-state index in [4.69, 9.17) is 23.7 Å². The van der Waals surface area contributed by atoms with Gasteiger partial charge in [-0.05, 0) is 116 Å². The molecule has 1 rings (SSSR count). The molecule has 1 heterocycles. The Bertz CT molecular complexity index is 1790. The van der Waals surface area contributed by atoms with Crippen molar-refractivity contribution in [1.29, 1.82) is 0 Å². The zero-order valence-corrected chi connectivity index (χ0v) is 49.3. The Morgan fingerprint density at radius 3 is 1.27 bits per heavy atom. The van der Waals surface area contributed by atoms with Crippen molar-refractivity contribution in [3.8, 4) is 0 Å². The van der Waals surface area contributed by atoms with Gasteiger partial charge in [-0.1, -0.05) is 214 Å². The highest BCUT2D eigenvalue weighted by molar-refractivity contribution is 5.74. The number of ether oxygens (including phenoxy) is 5. The molecule has 0 bridgehead atoms. The Morgan fingerprint density at radius 1 is 0.430 bits per heavy atom. The number of carbonyl (C=O) groups is 4. The average Bonchev–Trinajstić information content (AvgIpc) is 3.44. The van der Waals surface area contributed by atoms with Gasteiger partial charge in [0.25, 0.3) is 0 Å². The summed E-state index contributed by atoms with van der Waals surface area (Å²) in [7, 11) is 0. The maximum Gasteiger partial charge on any atom is 0.335 e. The maximum atomic E-state index is 13.1. The van der Waals surface area contributed by atoms with Crippen LogP contribution in [0.4, 0.5) is 0 Å². The van der Waals surface area contributed by atoms with Crippen molar-refractivity contribution in [2.75, 3.05) is 13.2 Å². The lowest BCUT2D eigenvalue weighted by Crippen LogP contribution is -2.61. The first-order valence-corrected chi connectivity index (χ1v) is 30.9. The zero-order chi connectivity index (χ0) is 57.5. The number of carboxylic acid groups (broad SMARTS) is 1. The molecule has 1 aliphatic rings. The zero-order valence-electron chi connectivity index (χ0n) is 49.3. The van der Waals surface area contributed by atoms with Gasteiger partial charge in [0.05, 0.1) is 6.61 Å². The fourth-order valence-corrected chi connectivity index (χ4v) is 8.59. The lowest BCUT2D eigenvalue weighted by atomic mass is 9.98. The van der Waals surface area contributed by atoms with Crippen molar-refractivity contribution in [1.82, 2.24) is 0 Å². The van der Waals surface area contributed by atoms with Crippen molar-refractivity contribution < 1.29 is 58.2 Å². The summed E-state index contributed by atoms with van der Waals surface area (Å²) in [6, 6.07) is 0. The summed E-state index contributed by atoms with van der Waals surface area (Å²) in [5.41, 5.74) is 0. The number of rotatable bonds is 51. The summed E-state index contributed by atoms with van der Waals surface area (Å²) in [6.07, 6.45) is 60.6. The van der Waals surface area contributed by atoms with Crippen LogP contribution in [0.25, 0.3) is 0 Å². The quantitative estimate of drug-likeness (QED) is 0.0228. The predicted molar refractivity (Wildman–Crippen MR) is 321 cm³/mol. The number of aliphatic hydroxyl groups is 2. The Labute approximate surface area is 478 Å². The first kappa shape index (κ1) is 72.4. The molecule has 6 atom stereocenters. The van der Waals surface area contributed by atoms with E-state index in [9.17, 15) is 34.5 Å². The second kappa shape index (κ2) is 54.0. The van der Waals surface area contributed by atoms with Crippen molar-refractivity contribution in [3.63, 3.8) is 0 Å². The van der Waals surface area contributed by atoms with Crippen LogP contribution in [0.2, 0.25) is 0 Å². The molecular weight excluding hydrogens is 997 g/mol. The molecule has 0 aromatic heterocycles. The monoisotopic (exact) mass is 1100 g/mol. The lowest BCUT2D eigenvalue weighted by molar-refractivity contribution is -0.301. The van der Waals surface area contributed by atoms with E-state index in [-0.39, 0.29) is 25.9 Å². The van der Waals surface area contributed by atoms with Crippen molar-refractivity contribution in [2.45, 2.75) is 276 Å². The molecule has 0 aliphatic carbocycles. The third-order valence-electron chi connectivity index (χ3n) is 13.3. The lowest BCUT2D eigenvalue weighted by Gasteiger charge is -2.40. The molecule has 0 aromatic rings. The van der Waals surface area contributed by atoms with Crippen molar-refractivity contribution in [3.05, 3.63) is 109 Å². The van der Waals surface area contributed by atoms with Gasteiger partial charge in [0.2, 0.25) is 0 Å². The number of unbranched alkanes of at least 4 members (excludes halogenated alkanes) is 19. The van der Waals surface area contributed by atoms with Crippen LogP contribution in [0.3, 0.4) is 0 Å². The van der Waals surface area contributed by atoms with Crippen LogP contribution in [0.5, 0.6) is 0 Å². The first-order valence-electron chi connectivity index (χ1n) is 30.9. The molecule has 0 radical (unpaired) electrons. The van der Waals surface area contributed by atoms with E-state index < -0.39 is 67.3 Å². The highest BCUT2D eigenvalue weighted by atomic mass is 16.7. The van der Waals surface area contributed by atoms with Crippen LogP contribution in [0.15, 0.2) is 109 Å². The third kappa shape index (κ3) is 43.8. The molecule has 1 fully saturated rings. The second-order valence-electron chi connectivity index (χ2n) is 20.6. The van der Waals surface area contributed by atoms with Crippen LogP contribution < -0.4 is 0 Å². The Hall–Kier alpha value is -4.62. The molecule has 448 valence electrons. The number of hydrogen-bond acceptors (Lipinski definition) is 11. The van der Waals surface area contributed by atoms with Crippen LogP contribution >= 0.6 is 0 Å². The maximum absolute atomic E-state index is 13.1. The molecule has 12 heteroatoms. The predicted octanol–water partition coefficient (Wildman–Crippen LogP) is 16.2. The van der Waals surface area contributed by atoms with Crippen LogP contribution in [-0.2, 0) is 42.9 Å². The number of carbonyl (C=O) groups excluding carboxylic acids is 3. The second-order valence-corrected chi connectivity index (χ2v) is 20.6. The van der Waals surface area contributed by atoms with E-state index in [0.717, 1.165) is 128 Å². The van der Waals surface area contributed by atoms with Crippen LogP contribution in [-0.4, -0.2) is 89.2 Å². The SMILES string of the molecule is CC/C=C\C/C=C\C/C=C\C/C=C\CCC(=O)OC(COC(=O)CCCCCCCC/C=C\C/C=C\C/C=C\CCCCC)COC1OC(C(=O)O)C(O)C(O)C1OC(=O)CCCCCCCCC/C=C\C/C=C\CCCCC. The fourth-order valence-electron chi connectivity index (χ4n) is 8.59. The smallest absolute Gasteiger partial charge is 0.335 e. The number of carboxylic acids is 1. The molecule has 1 aliphatic heterocycles. The minimum Gasteiger partial charge on any atom is -0.479 e. The summed E-state index contributed by atoms with van der Waals surface area (Å²) in [4.78, 5) is 51.2. The van der Waals surface area contributed by atoms with E-state index >= 15 is 0 Å². The van der Waals surface area contributed by atoms with Gasteiger partial charge in [-0.15, -0.1) is 0 Å². The molecule has 0 aromatic carbocycles. The van der Waals surface area contributed by atoms with E-state index in [1.807, 2.05) is 12.2 Å². The van der Waals surface area contributed by atoms with E-state index in [2.05, 4.69) is 118 Å². The normalized spacial score (nSPS) is 18.6. The summed E-state index contributed by atoms with van der Waals surface area (Å²) in [5.74, 6) is -3.27.